The Hall–Kier alpha value is -0.720. The first-order chi connectivity index (χ1) is 4.16. The second-order valence-electron chi connectivity index (χ2n) is 2.46. The van der Waals surface area contributed by atoms with Crippen LogP contribution in [0.25, 0.3) is 0 Å². The van der Waals surface area contributed by atoms with Crippen molar-refractivity contribution in [2.24, 2.45) is 0 Å². The smallest absolute Gasteiger partial charge is 0.0783 e. The van der Waals surface area contributed by atoms with Crippen molar-refractivity contribution in [3.05, 3.63) is 23.5 Å². The number of rotatable bonds is 2. The minimum absolute atomic E-state index is 0.860. The molecule has 0 aromatic rings. The maximum absolute atomic E-state index is 8.46. The predicted octanol–water partition coefficient (Wildman–Crippen LogP) is 2.80. The summed E-state index contributed by atoms with van der Waals surface area (Å²) in [5.74, 6) is 0. The Balaban J connectivity index is 3.64. The average molecular weight is 126 g/mol. The van der Waals surface area contributed by atoms with Gasteiger partial charge < -0.3 is 5.11 Å². The summed E-state index contributed by atoms with van der Waals surface area (Å²) in [4.78, 5) is 0. The molecule has 1 nitrogen and oxygen atoms in total. The summed E-state index contributed by atoms with van der Waals surface area (Å²) in [6, 6.07) is 0. The standard InChI is InChI=1S/C8H14O/c1-7(2)4-5-8(3)6-9/h4,6,9H,5H2,1-3H3/b8-6+. The molecule has 0 amide bonds. The van der Waals surface area contributed by atoms with Gasteiger partial charge in [0.05, 0.1) is 6.26 Å². The molecule has 1 heteroatoms. The first-order valence-corrected chi connectivity index (χ1v) is 3.10. The molecular formula is C8H14O. The van der Waals surface area contributed by atoms with Gasteiger partial charge in [-0.25, -0.2) is 0 Å². The molecule has 0 aromatic heterocycles. The Morgan fingerprint density at radius 3 is 2.22 bits per heavy atom. The lowest BCUT2D eigenvalue weighted by molar-refractivity contribution is 0.466. The molecule has 0 unspecified atom stereocenters. The van der Waals surface area contributed by atoms with E-state index in [1.165, 1.54) is 5.57 Å². The van der Waals surface area contributed by atoms with Crippen LogP contribution in [-0.2, 0) is 0 Å². The van der Waals surface area contributed by atoms with E-state index in [1.54, 1.807) is 0 Å². The van der Waals surface area contributed by atoms with Gasteiger partial charge in [0.2, 0.25) is 0 Å². The highest BCUT2D eigenvalue weighted by atomic mass is 16.2. The molecule has 0 rings (SSSR count). The molecule has 0 spiro atoms. The second-order valence-corrected chi connectivity index (χ2v) is 2.46. The quantitative estimate of drug-likeness (QED) is 0.445. The Bertz CT molecular complexity index is 128. The average Bonchev–Trinajstić information content (AvgIpc) is 1.83. The summed E-state index contributed by atoms with van der Waals surface area (Å²) >= 11 is 0. The molecule has 0 saturated heterocycles. The topological polar surface area (TPSA) is 20.2 Å². The van der Waals surface area contributed by atoms with Crippen LogP contribution in [0.5, 0.6) is 0 Å². The van der Waals surface area contributed by atoms with Crippen molar-refractivity contribution in [3.8, 4) is 0 Å². The van der Waals surface area contributed by atoms with E-state index in [0.29, 0.717) is 0 Å². The van der Waals surface area contributed by atoms with Crippen LogP contribution < -0.4 is 0 Å². The van der Waals surface area contributed by atoms with Crippen molar-refractivity contribution in [2.45, 2.75) is 27.2 Å². The fraction of sp³-hybridized carbons (Fsp3) is 0.500. The van der Waals surface area contributed by atoms with Crippen LogP contribution >= 0.6 is 0 Å². The molecule has 0 aliphatic carbocycles. The van der Waals surface area contributed by atoms with E-state index in [0.717, 1.165) is 18.3 Å². The first kappa shape index (κ1) is 8.28. The van der Waals surface area contributed by atoms with E-state index in [4.69, 9.17) is 5.11 Å². The van der Waals surface area contributed by atoms with Gasteiger partial charge in [0.15, 0.2) is 0 Å². The maximum Gasteiger partial charge on any atom is 0.0783 e. The van der Waals surface area contributed by atoms with Gasteiger partial charge in [-0.2, -0.15) is 0 Å². The van der Waals surface area contributed by atoms with Gasteiger partial charge >= 0.3 is 0 Å². The first-order valence-electron chi connectivity index (χ1n) is 3.10. The van der Waals surface area contributed by atoms with Gasteiger partial charge in [-0.3, -0.25) is 0 Å². The van der Waals surface area contributed by atoms with Crippen LogP contribution in [-0.4, -0.2) is 5.11 Å². The van der Waals surface area contributed by atoms with Crippen LogP contribution in [0.1, 0.15) is 27.2 Å². The predicted molar refractivity (Wildman–Crippen MR) is 40.4 cm³/mol. The van der Waals surface area contributed by atoms with Crippen molar-refractivity contribution >= 4 is 0 Å². The minimum atomic E-state index is 0.860. The number of allylic oxidation sites excluding steroid dienone is 3. The van der Waals surface area contributed by atoms with Gasteiger partial charge in [-0.15, -0.1) is 0 Å². The number of aliphatic hydroxyl groups is 1. The lowest BCUT2D eigenvalue weighted by Crippen LogP contribution is -1.73. The molecule has 0 fully saturated rings. The van der Waals surface area contributed by atoms with Crippen LogP contribution in [0.3, 0.4) is 0 Å². The van der Waals surface area contributed by atoms with Gasteiger partial charge in [0.25, 0.3) is 0 Å². The largest absolute Gasteiger partial charge is 0.516 e. The summed E-state index contributed by atoms with van der Waals surface area (Å²) in [7, 11) is 0. The second kappa shape index (κ2) is 4.19. The highest BCUT2D eigenvalue weighted by molar-refractivity contribution is 5.04. The van der Waals surface area contributed by atoms with Crippen molar-refractivity contribution in [3.63, 3.8) is 0 Å². The molecule has 0 radical (unpaired) electrons. The molecule has 0 heterocycles. The minimum Gasteiger partial charge on any atom is -0.516 e. The summed E-state index contributed by atoms with van der Waals surface area (Å²) in [6.45, 7) is 5.99. The van der Waals surface area contributed by atoms with Crippen LogP contribution in [0, 0.1) is 0 Å². The maximum atomic E-state index is 8.46. The van der Waals surface area contributed by atoms with Crippen molar-refractivity contribution in [1.82, 2.24) is 0 Å². The zero-order chi connectivity index (χ0) is 7.28. The molecule has 0 aromatic carbocycles. The zero-order valence-corrected chi connectivity index (χ0v) is 6.31. The fourth-order valence-electron chi connectivity index (χ4n) is 0.418. The van der Waals surface area contributed by atoms with E-state index in [-0.39, 0.29) is 0 Å². The molecule has 0 bridgehead atoms. The Morgan fingerprint density at radius 1 is 1.33 bits per heavy atom. The van der Waals surface area contributed by atoms with E-state index in [9.17, 15) is 0 Å². The molecule has 0 atom stereocenters. The zero-order valence-electron chi connectivity index (χ0n) is 6.31. The molecule has 0 aliphatic heterocycles. The lowest BCUT2D eigenvalue weighted by Gasteiger charge is -1.91. The fourth-order valence-corrected chi connectivity index (χ4v) is 0.418. The third-order valence-electron chi connectivity index (χ3n) is 1.05. The monoisotopic (exact) mass is 126 g/mol. The normalized spacial score (nSPS) is 11.2. The number of hydrogen-bond acceptors (Lipinski definition) is 1. The van der Waals surface area contributed by atoms with Crippen LogP contribution in [0.4, 0.5) is 0 Å². The Kier molecular flexibility index (Phi) is 3.85. The highest BCUT2D eigenvalue weighted by Crippen LogP contribution is 2.01. The Labute approximate surface area is 56.7 Å². The SMILES string of the molecule is CC(C)=CC/C(C)=C/O. The Morgan fingerprint density at radius 2 is 1.89 bits per heavy atom. The molecule has 9 heavy (non-hydrogen) atoms. The number of hydrogen-bond donors (Lipinski definition) is 1. The molecule has 0 saturated carbocycles. The summed E-state index contributed by atoms with van der Waals surface area (Å²) in [5.41, 5.74) is 2.28. The summed E-state index contributed by atoms with van der Waals surface area (Å²) in [5, 5.41) is 8.46. The summed E-state index contributed by atoms with van der Waals surface area (Å²) in [6.07, 6.45) is 4.10. The number of aliphatic hydroxyl groups excluding tert-OH is 1. The van der Waals surface area contributed by atoms with Gasteiger partial charge in [-0.1, -0.05) is 11.6 Å². The van der Waals surface area contributed by atoms with Crippen molar-refractivity contribution in [1.29, 1.82) is 0 Å². The van der Waals surface area contributed by atoms with E-state index in [1.807, 2.05) is 20.8 Å². The third-order valence-corrected chi connectivity index (χ3v) is 1.05. The molecular weight excluding hydrogens is 112 g/mol. The highest BCUT2D eigenvalue weighted by Gasteiger charge is 1.83. The van der Waals surface area contributed by atoms with E-state index < -0.39 is 0 Å². The van der Waals surface area contributed by atoms with Gasteiger partial charge in [0.1, 0.15) is 0 Å². The molecule has 0 aliphatic rings. The van der Waals surface area contributed by atoms with E-state index >= 15 is 0 Å². The third kappa shape index (κ3) is 5.15. The lowest BCUT2D eigenvalue weighted by atomic mass is 10.2. The molecule has 1 N–H and O–H groups in total. The van der Waals surface area contributed by atoms with Crippen molar-refractivity contribution < 1.29 is 5.11 Å². The van der Waals surface area contributed by atoms with Crippen LogP contribution in [0.15, 0.2) is 23.5 Å². The van der Waals surface area contributed by atoms with Crippen LogP contribution in [0.2, 0.25) is 0 Å². The van der Waals surface area contributed by atoms with Crippen molar-refractivity contribution in [2.75, 3.05) is 0 Å². The van der Waals surface area contributed by atoms with Gasteiger partial charge in [0, 0.05) is 0 Å². The summed E-state index contributed by atoms with van der Waals surface area (Å²) < 4.78 is 0. The molecule has 52 valence electrons. The van der Waals surface area contributed by atoms with Gasteiger partial charge in [-0.05, 0) is 32.8 Å². The van der Waals surface area contributed by atoms with E-state index in [2.05, 4.69) is 6.08 Å².